The number of aryl methyl sites for hydroxylation is 1. The number of likely N-dealkylation sites (tertiary alicyclic amines) is 2. The number of hydrogen-bond acceptors (Lipinski definition) is 6. The first-order valence-electron chi connectivity index (χ1n) is 8.80. The second-order valence-electron chi connectivity index (χ2n) is 6.80. The molecule has 0 aliphatic carbocycles. The molecular weight excluding hydrogens is 322 g/mol. The van der Waals surface area contributed by atoms with E-state index in [1.807, 2.05) is 9.80 Å². The highest BCUT2D eigenvalue weighted by atomic mass is 16.3. The molecule has 8 nitrogen and oxygen atoms in total. The molecule has 1 aromatic heterocycles. The first kappa shape index (κ1) is 17.6. The molecule has 25 heavy (non-hydrogen) atoms. The Morgan fingerprint density at radius 2 is 2.24 bits per heavy atom. The van der Waals surface area contributed by atoms with Gasteiger partial charge in [-0.1, -0.05) is 0 Å². The largest absolute Gasteiger partial charge is 0.396 e. The number of hydrogen-bond donors (Lipinski definition) is 2. The monoisotopic (exact) mass is 347 g/mol. The van der Waals surface area contributed by atoms with Crippen LogP contribution in [0.4, 0.5) is 5.95 Å². The van der Waals surface area contributed by atoms with E-state index in [-0.39, 0.29) is 36.3 Å². The number of amides is 2. The average Bonchev–Trinajstić information content (AvgIpc) is 2.60. The fourth-order valence-electron chi connectivity index (χ4n) is 3.93. The van der Waals surface area contributed by atoms with Crippen molar-refractivity contribution in [2.75, 3.05) is 32.0 Å². The van der Waals surface area contributed by atoms with Crippen LogP contribution < -0.4 is 5.73 Å². The van der Waals surface area contributed by atoms with Crippen molar-refractivity contribution >= 4 is 17.8 Å². The lowest BCUT2D eigenvalue weighted by Gasteiger charge is -2.47. The van der Waals surface area contributed by atoms with Crippen molar-refractivity contribution in [3.63, 3.8) is 0 Å². The van der Waals surface area contributed by atoms with Crippen molar-refractivity contribution in [3.05, 3.63) is 17.5 Å². The van der Waals surface area contributed by atoms with Gasteiger partial charge in [0, 0.05) is 44.9 Å². The number of rotatable bonds is 4. The molecule has 2 atom stereocenters. The number of nitrogens with two attached hydrogens (primary N) is 1. The predicted octanol–water partition coefficient (Wildman–Crippen LogP) is 0.203. The summed E-state index contributed by atoms with van der Waals surface area (Å²) in [6.07, 6.45) is 4.17. The Bertz CT molecular complexity index is 666. The summed E-state index contributed by atoms with van der Waals surface area (Å²) in [6.45, 7) is 3.68. The Kier molecular flexibility index (Phi) is 5.17. The van der Waals surface area contributed by atoms with Gasteiger partial charge in [0.25, 0.3) is 5.91 Å². The summed E-state index contributed by atoms with van der Waals surface area (Å²) < 4.78 is 0. The minimum atomic E-state index is -0.0743. The zero-order valence-electron chi connectivity index (χ0n) is 14.5. The fraction of sp³-hybridized carbons (Fsp3) is 0.647. The quantitative estimate of drug-likeness (QED) is 0.805. The predicted molar refractivity (Wildman–Crippen MR) is 91.6 cm³/mol. The van der Waals surface area contributed by atoms with E-state index in [9.17, 15) is 9.59 Å². The van der Waals surface area contributed by atoms with Crippen LogP contribution in [-0.4, -0.2) is 69.0 Å². The summed E-state index contributed by atoms with van der Waals surface area (Å²) in [4.78, 5) is 36.8. The van der Waals surface area contributed by atoms with Crippen molar-refractivity contribution in [2.24, 2.45) is 5.92 Å². The number of aliphatic hydroxyl groups excluding tert-OH is 1. The van der Waals surface area contributed by atoms with Crippen LogP contribution in [0.2, 0.25) is 0 Å². The molecule has 3 N–H and O–H groups in total. The van der Waals surface area contributed by atoms with E-state index in [0.717, 1.165) is 12.8 Å². The highest BCUT2D eigenvalue weighted by Gasteiger charge is 2.40. The normalized spacial score (nSPS) is 23.5. The summed E-state index contributed by atoms with van der Waals surface area (Å²) in [5.74, 6) is 0.536. The number of nitrogen functional groups attached to an aromatic ring is 1. The SMILES string of the molecule is Cc1nc(N)ncc1C(=O)N1CC[C@@H]2[C@@H](CCC(=O)N2CCCO)C1. The number of carbonyl (C=O) groups excluding carboxylic acids is 2. The highest BCUT2D eigenvalue weighted by Crippen LogP contribution is 2.32. The van der Waals surface area contributed by atoms with Gasteiger partial charge in [0.1, 0.15) is 0 Å². The number of piperidine rings is 2. The number of carbonyl (C=O) groups is 2. The molecule has 2 fully saturated rings. The Labute approximate surface area is 147 Å². The summed E-state index contributed by atoms with van der Waals surface area (Å²) >= 11 is 0. The molecule has 1 aromatic rings. The third-order valence-corrected chi connectivity index (χ3v) is 5.22. The van der Waals surface area contributed by atoms with Gasteiger partial charge < -0.3 is 20.6 Å². The molecule has 2 aliphatic rings. The number of anilines is 1. The summed E-state index contributed by atoms with van der Waals surface area (Å²) in [5, 5.41) is 9.05. The lowest BCUT2D eigenvalue weighted by molar-refractivity contribution is -0.140. The van der Waals surface area contributed by atoms with Crippen LogP contribution >= 0.6 is 0 Å². The lowest BCUT2D eigenvalue weighted by atomic mass is 9.83. The second-order valence-corrected chi connectivity index (χ2v) is 6.80. The summed E-state index contributed by atoms with van der Waals surface area (Å²) in [5.41, 5.74) is 6.63. The van der Waals surface area contributed by atoms with E-state index in [1.54, 1.807) is 6.92 Å². The molecule has 136 valence electrons. The number of aromatic nitrogens is 2. The molecule has 2 saturated heterocycles. The van der Waals surface area contributed by atoms with Gasteiger partial charge in [0.05, 0.1) is 11.3 Å². The zero-order chi connectivity index (χ0) is 18.0. The molecule has 2 amide bonds. The maximum absolute atomic E-state index is 12.8. The van der Waals surface area contributed by atoms with Crippen LogP contribution in [0, 0.1) is 12.8 Å². The highest BCUT2D eigenvalue weighted by molar-refractivity contribution is 5.95. The molecule has 3 heterocycles. The van der Waals surface area contributed by atoms with Crippen molar-refractivity contribution in [3.8, 4) is 0 Å². The van der Waals surface area contributed by atoms with Gasteiger partial charge in [0.15, 0.2) is 0 Å². The van der Waals surface area contributed by atoms with Crippen molar-refractivity contribution < 1.29 is 14.7 Å². The van der Waals surface area contributed by atoms with Crippen molar-refractivity contribution in [1.82, 2.24) is 19.8 Å². The van der Waals surface area contributed by atoms with E-state index in [1.165, 1.54) is 6.20 Å². The van der Waals surface area contributed by atoms with Crippen LogP contribution in [-0.2, 0) is 4.79 Å². The van der Waals surface area contributed by atoms with Crippen LogP contribution in [0.3, 0.4) is 0 Å². The lowest BCUT2D eigenvalue weighted by Crippen LogP contribution is -2.57. The van der Waals surface area contributed by atoms with Crippen LogP contribution in [0.1, 0.15) is 41.7 Å². The minimum absolute atomic E-state index is 0.0743. The van der Waals surface area contributed by atoms with Gasteiger partial charge in [-0.05, 0) is 32.1 Å². The van der Waals surface area contributed by atoms with Crippen LogP contribution in [0.5, 0.6) is 0 Å². The van der Waals surface area contributed by atoms with E-state index in [0.29, 0.717) is 43.7 Å². The summed E-state index contributed by atoms with van der Waals surface area (Å²) in [6, 6.07) is 0.167. The number of aliphatic hydroxyl groups is 1. The van der Waals surface area contributed by atoms with Gasteiger partial charge in [-0.3, -0.25) is 9.59 Å². The molecule has 0 unspecified atom stereocenters. The molecule has 3 rings (SSSR count). The van der Waals surface area contributed by atoms with Crippen LogP contribution in [0.25, 0.3) is 0 Å². The van der Waals surface area contributed by atoms with Gasteiger partial charge >= 0.3 is 0 Å². The van der Waals surface area contributed by atoms with Crippen LogP contribution in [0.15, 0.2) is 6.20 Å². The van der Waals surface area contributed by atoms with E-state index < -0.39 is 0 Å². The Morgan fingerprint density at radius 3 is 2.96 bits per heavy atom. The topological polar surface area (TPSA) is 113 Å². The van der Waals surface area contributed by atoms with Gasteiger partial charge in [0.2, 0.25) is 11.9 Å². The van der Waals surface area contributed by atoms with Crippen molar-refractivity contribution in [1.29, 1.82) is 0 Å². The van der Waals surface area contributed by atoms with E-state index >= 15 is 0 Å². The molecule has 0 aromatic carbocycles. The molecule has 0 saturated carbocycles. The second kappa shape index (κ2) is 7.35. The molecule has 8 heteroatoms. The summed E-state index contributed by atoms with van der Waals surface area (Å²) in [7, 11) is 0. The smallest absolute Gasteiger partial charge is 0.257 e. The van der Waals surface area contributed by atoms with Gasteiger partial charge in [-0.15, -0.1) is 0 Å². The fourth-order valence-corrected chi connectivity index (χ4v) is 3.93. The molecule has 0 spiro atoms. The first-order chi connectivity index (χ1) is 12.0. The van der Waals surface area contributed by atoms with E-state index in [4.69, 9.17) is 10.8 Å². The number of nitrogens with zero attached hydrogens (tertiary/aromatic N) is 4. The third kappa shape index (κ3) is 3.58. The average molecular weight is 347 g/mol. The maximum Gasteiger partial charge on any atom is 0.257 e. The number of fused-ring (bicyclic) bond motifs is 1. The Morgan fingerprint density at radius 1 is 1.44 bits per heavy atom. The van der Waals surface area contributed by atoms with Gasteiger partial charge in [-0.2, -0.15) is 0 Å². The molecule has 0 radical (unpaired) electrons. The molecule has 2 aliphatic heterocycles. The first-order valence-corrected chi connectivity index (χ1v) is 8.80. The zero-order valence-corrected chi connectivity index (χ0v) is 14.5. The molecule has 0 bridgehead atoms. The third-order valence-electron chi connectivity index (χ3n) is 5.22. The minimum Gasteiger partial charge on any atom is -0.396 e. The van der Waals surface area contributed by atoms with E-state index in [2.05, 4.69) is 9.97 Å². The standard InChI is InChI=1S/C17H25N5O3/c1-11-13(9-19-17(18)20-11)16(25)21-7-5-14-12(10-21)3-4-15(24)22(14)6-2-8-23/h9,12,14,23H,2-8,10H2,1H3,(H2,18,19,20)/t12-,14+/m0/s1. The molecular formula is C17H25N5O3. The Balaban J connectivity index is 1.70. The van der Waals surface area contributed by atoms with Gasteiger partial charge in [-0.25, -0.2) is 9.97 Å². The maximum atomic E-state index is 12.8. The van der Waals surface area contributed by atoms with Crippen molar-refractivity contribution in [2.45, 2.75) is 38.6 Å². The Hall–Kier alpha value is -2.22.